The van der Waals surface area contributed by atoms with Crippen LogP contribution in [0.25, 0.3) is 0 Å². The lowest BCUT2D eigenvalue weighted by Gasteiger charge is -2.05. The number of pyridine rings is 1. The molecule has 0 unspecified atom stereocenters. The Hall–Kier alpha value is -1.10. The molecule has 0 saturated heterocycles. The molecule has 0 atom stereocenters. The van der Waals surface area contributed by atoms with Crippen LogP contribution in [0.3, 0.4) is 0 Å². The van der Waals surface area contributed by atoms with Gasteiger partial charge in [0, 0.05) is 6.20 Å². The highest BCUT2D eigenvalue weighted by molar-refractivity contribution is 7.91. The average molecular weight is 214 g/mol. The van der Waals surface area contributed by atoms with Crippen LogP contribution in [0.5, 0.6) is 0 Å². The van der Waals surface area contributed by atoms with Crippen LogP contribution in [0, 0.1) is 6.92 Å². The molecule has 0 amide bonds. The fraction of sp³-hybridized carbons (Fsp3) is 0.444. The minimum absolute atomic E-state index is 0.00458. The molecule has 0 spiro atoms. The molecule has 1 rings (SSSR count). The summed E-state index contributed by atoms with van der Waals surface area (Å²) < 4.78 is 23.2. The second kappa shape index (κ2) is 3.96. The maximum atomic E-state index is 11.6. The van der Waals surface area contributed by atoms with E-state index in [1.165, 1.54) is 6.20 Å². The summed E-state index contributed by atoms with van der Waals surface area (Å²) in [7, 11) is -3.29. The molecule has 0 aromatic carbocycles. The van der Waals surface area contributed by atoms with Gasteiger partial charge >= 0.3 is 0 Å². The highest BCUT2D eigenvalue weighted by atomic mass is 32.2. The van der Waals surface area contributed by atoms with E-state index in [2.05, 4.69) is 4.98 Å². The quantitative estimate of drug-likeness (QED) is 0.819. The van der Waals surface area contributed by atoms with Gasteiger partial charge in [-0.05, 0) is 25.0 Å². The molecule has 4 nitrogen and oxygen atoms in total. The van der Waals surface area contributed by atoms with Crippen molar-refractivity contribution in [2.24, 2.45) is 0 Å². The van der Waals surface area contributed by atoms with Crippen molar-refractivity contribution in [3.63, 3.8) is 0 Å². The Bertz CT molecular complexity index is 426. The van der Waals surface area contributed by atoms with Gasteiger partial charge in [0.1, 0.15) is 0 Å². The first-order valence-corrected chi connectivity index (χ1v) is 6.07. The zero-order chi connectivity index (χ0) is 10.8. The molecule has 5 heteroatoms. The van der Waals surface area contributed by atoms with Crippen molar-refractivity contribution in [2.45, 2.75) is 25.3 Å². The number of nitrogens with zero attached hydrogens (tertiary/aromatic N) is 1. The van der Waals surface area contributed by atoms with Crippen molar-refractivity contribution in [3.05, 3.63) is 17.8 Å². The molecule has 2 N–H and O–H groups in total. The number of anilines is 1. The van der Waals surface area contributed by atoms with E-state index < -0.39 is 9.84 Å². The van der Waals surface area contributed by atoms with Gasteiger partial charge in [0.25, 0.3) is 0 Å². The van der Waals surface area contributed by atoms with Crippen LogP contribution in [0.15, 0.2) is 17.3 Å². The monoisotopic (exact) mass is 214 g/mol. The maximum absolute atomic E-state index is 11.6. The van der Waals surface area contributed by atoms with Crippen molar-refractivity contribution < 1.29 is 8.42 Å². The van der Waals surface area contributed by atoms with Gasteiger partial charge in [-0.2, -0.15) is 0 Å². The molecule has 1 heterocycles. The minimum Gasteiger partial charge on any atom is -0.396 e. The molecule has 1 aromatic rings. The Labute approximate surface area is 84.1 Å². The van der Waals surface area contributed by atoms with Crippen LogP contribution in [-0.2, 0) is 9.84 Å². The van der Waals surface area contributed by atoms with E-state index in [0.29, 0.717) is 6.42 Å². The number of hydrogen-bond donors (Lipinski definition) is 1. The van der Waals surface area contributed by atoms with E-state index in [-0.39, 0.29) is 16.5 Å². The summed E-state index contributed by atoms with van der Waals surface area (Å²) in [5.41, 5.74) is 6.69. The number of sulfone groups is 1. The number of nitrogens with two attached hydrogens (primary N) is 1. The number of aromatic nitrogens is 1. The van der Waals surface area contributed by atoms with E-state index in [1.807, 2.05) is 13.8 Å². The molecule has 14 heavy (non-hydrogen) atoms. The van der Waals surface area contributed by atoms with E-state index in [4.69, 9.17) is 5.73 Å². The predicted molar refractivity (Wildman–Crippen MR) is 55.7 cm³/mol. The van der Waals surface area contributed by atoms with Gasteiger partial charge < -0.3 is 5.73 Å². The van der Waals surface area contributed by atoms with Gasteiger partial charge in [0.15, 0.2) is 14.9 Å². The summed E-state index contributed by atoms with van der Waals surface area (Å²) in [6.07, 6.45) is 2.08. The second-order valence-electron chi connectivity index (χ2n) is 3.23. The average Bonchev–Trinajstić information content (AvgIpc) is 2.02. The zero-order valence-corrected chi connectivity index (χ0v) is 9.13. The highest BCUT2D eigenvalue weighted by Gasteiger charge is 2.17. The zero-order valence-electron chi connectivity index (χ0n) is 8.32. The lowest BCUT2D eigenvalue weighted by atomic mass is 10.3. The van der Waals surface area contributed by atoms with Crippen molar-refractivity contribution in [3.8, 4) is 0 Å². The molecule has 0 bridgehead atoms. The normalized spacial score (nSPS) is 11.6. The molecule has 0 radical (unpaired) electrons. The third kappa shape index (κ3) is 2.23. The fourth-order valence-corrected chi connectivity index (χ4v) is 2.57. The summed E-state index contributed by atoms with van der Waals surface area (Å²) >= 11 is 0. The first kappa shape index (κ1) is 11.0. The third-order valence-corrected chi connectivity index (χ3v) is 3.66. The molecule has 0 aliphatic heterocycles. The third-order valence-electron chi connectivity index (χ3n) is 1.78. The Morgan fingerprint density at radius 2 is 2.14 bits per heavy atom. The lowest BCUT2D eigenvalue weighted by molar-refractivity contribution is 0.591. The molecular formula is C9H14N2O2S. The van der Waals surface area contributed by atoms with E-state index >= 15 is 0 Å². The van der Waals surface area contributed by atoms with Crippen molar-refractivity contribution in [1.29, 1.82) is 0 Å². The van der Waals surface area contributed by atoms with Crippen LogP contribution in [0.1, 0.15) is 18.9 Å². The van der Waals surface area contributed by atoms with Crippen molar-refractivity contribution >= 4 is 15.5 Å². The molecule has 0 aliphatic carbocycles. The largest absolute Gasteiger partial charge is 0.396 e. The van der Waals surface area contributed by atoms with E-state index in [9.17, 15) is 8.42 Å². The predicted octanol–water partition coefficient (Wildman–Crippen LogP) is 1.16. The summed E-state index contributed by atoms with van der Waals surface area (Å²) in [4.78, 5) is 3.86. The molecule has 0 aliphatic rings. The Kier molecular flexibility index (Phi) is 3.10. The first-order valence-electron chi connectivity index (χ1n) is 4.42. The second-order valence-corrected chi connectivity index (χ2v) is 5.25. The number of aryl methyl sites for hydroxylation is 1. The Morgan fingerprint density at radius 1 is 1.50 bits per heavy atom. The Morgan fingerprint density at radius 3 is 2.64 bits per heavy atom. The van der Waals surface area contributed by atoms with Gasteiger partial charge in [-0.3, -0.25) is 0 Å². The smallest absolute Gasteiger partial charge is 0.197 e. The van der Waals surface area contributed by atoms with E-state index in [1.54, 1.807) is 6.07 Å². The van der Waals surface area contributed by atoms with Gasteiger partial charge in [0.2, 0.25) is 0 Å². The van der Waals surface area contributed by atoms with Gasteiger partial charge in [-0.25, -0.2) is 13.4 Å². The van der Waals surface area contributed by atoms with Crippen molar-refractivity contribution in [2.75, 3.05) is 11.5 Å². The number of hydrogen-bond acceptors (Lipinski definition) is 4. The van der Waals surface area contributed by atoms with Crippen molar-refractivity contribution in [1.82, 2.24) is 4.98 Å². The number of nitrogen functional groups attached to an aromatic ring is 1. The van der Waals surface area contributed by atoms with E-state index in [0.717, 1.165) is 5.56 Å². The minimum atomic E-state index is -3.29. The van der Waals surface area contributed by atoms with Crippen LogP contribution in [0.4, 0.5) is 5.69 Å². The molecule has 78 valence electrons. The van der Waals surface area contributed by atoms with Crippen LogP contribution >= 0.6 is 0 Å². The lowest BCUT2D eigenvalue weighted by Crippen LogP contribution is -2.11. The molecule has 0 fully saturated rings. The van der Waals surface area contributed by atoms with Gasteiger partial charge in [-0.15, -0.1) is 0 Å². The van der Waals surface area contributed by atoms with Crippen LogP contribution in [0.2, 0.25) is 0 Å². The summed E-state index contributed by atoms with van der Waals surface area (Å²) in [6.45, 7) is 3.63. The highest BCUT2D eigenvalue weighted by Crippen LogP contribution is 2.17. The maximum Gasteiger partial charge on any atom is 0.197 e. The standard InChI is InChI=1S/C9H14N2O2S/c1-3-4-14(12,13)9-8(10)5-7(2)6-11-9/h5-6H,3-4,10H2,1-2H3. The number of rotatable bonds is 3. The van der Waals surface area contributed by atoms with Gasteiger partial charge in [0.05, 0.1) is 11.4 Å². The summed E-state index contributed by atoms with van der Waals surface area (Å²) in [6, 6.07) is 1.62. The summed E-state index contributed by atoms with van der Waals surface area (Å²) in [5.74, 6) is 0.0905. The van der Waals surface area contributed by atoms with Crippen LogP contribution < -0.4 is 5.73 Å². The van der Waals surface area contributed by atoms with Gasteiger partial charge in [-0.1, -0.05) is 6.92 Å². The Balaban J connectivity index is 3.20. The SMILES string of the molecule is CCCS(=O)(=O)c1ncc(C)cc1N. The molecular weight excluding hydrogens is 200 g/mol. The topological polar surface area (TPSA) is 73.0 Å². The van der Waals surface area contributed by atoms with Crippen LogP contribution in [-0.4, -0.2) is 19.2 Å². The fourth-order valence-electron chi connectivity index (χ4n) is 1.20. The molecule has 0 saturated carbocycles. The molecule has 1 aromatic heterocycles. The first-order chi connectivity index (χ1) is 6.47. The summed E-state index contributed by atoms with van der Waals surface area (Å²) in [5, 5.41) is 0.00458.